The second kappa shape index (κ2) is 7.59. The smallest absolute Gasteiger partial charge is 0.213 e. The molecule has 5 heteroatoms. The highest BCUT2D eigenvalue weighted by Crippen LogP contribution is 2.16. The number of aromatic nitrogens is 1. The van der Waals surface area contributed by atoms with Gasteiger partial charge in [-0.15, -0.1) is 0 Å². The van der Waals surface area contributed by atoms with Gasteiger partial charge in [0.1, 0.15) is 0 Å². The molecule has 1 atom stereocenters. The minimum Gasteiger partial charge on any atom is -0.481 e. The number of anilines is 1. The molecule has 0 aliphatic heterocycles. The second-order valence-electron chi connectivity index (χ2n) is 4.56. The Bertz CT molecular complexity index is 572. The first kappa shape index (κ1) is 15.3. The van der Waals surface area contributed by atoms with Crippen molar-refractivity contribution >= 4 is 23.0 Å². The lowest BCUT2D eigenvalue weighted by Crippen LogP contribution is -2.32. The van der Waals surface area contributed by atoms with Crippen molar-refractivity contribution in [2.24, 2.45) is 0 Å². The Balaban J connectivity index is 1.96. The van der Waals surface area contributed by atoms with Gasteiger partial charge in [-0.2, -0.15) is 0 Å². The quantitative estimate of drug-likeness (QED) is 0.827. The fraction of sp³-hybridized carbons (Fsp3) is 0.250. The molecule has 1 heterocycles. The molecule has 1 aromatic heterocycles. The van der Waals surface area contributed by atoms with Gasteiger partial charge >= 0.3 is 0 Å². The third-order valence-corrected chi connectivity index (χ3v) is 3.34. The van der Waals surface area contributed by atoms with Gasteiger partial charge in [0.2, 0.25) is 5.88 Å². The molecule has 0 amide bonds. The summed E-state index contributed by atoms with van der Waals surface area (Å²) in [6.07, 6.45) is 2.64. The fourth-order valence-corrected chi connectivity index (χ4v) is 2.27. The van der Waals surface area contributed by atoms with Crippen LogP contribution in [0.1, 0.15) is 24.9 Å². The number of nitrogens with zero attached hydrogens (tertiary/aromatic N) is 1. The first-order valence-corrected chi connectivity index (χ1v) is 7.26. The minimum absolute atomic E-state index is 0.192. The summed E-state index contributed by atoms with van der Waals surface area (Å²) < 4.78 is 5.03. The third kappa shape index (κ3) is 4.43. The monoisotopic (exact) mass is 301 g/mol. The SMILES string of the molecule is CC[C@H](NC(=S)Nc1ccc(OC)nc1)c1ccccc1. The van der Waals surface area contributed by atoms with Gasteiger partial charge in [-0.3, -0.25) is 0 Å². The van der Waals surface area contributed by atoms with E-state index >= 15 is 0 Å². The van der Waals surface area contributed by atoms with Crippen LogP contribution in [0.2, 0.25) is 0 Å². The molecule has 2 aromatic rings. The topological polar surface area (TPSA) is 46.2 Å². The van der Waals surface area contributed by atoms with Crippen LogP contribution < -0.4 is 15.4 Å². The van der Waals surface area contributed by atoms with Gasteiger partial charge in [0.25, 0.3) is 0 Å². The fourth-order valence-electron chi connectivity index (χ4n) is 2.01. The summed E-state index contributed by atoms with van der Waals surface area (Å²) in [5, 5.41) is 7.03. The molecule has 21 heavy (non-hydrogen) atoms. The summed E-state index contributed by atoms with van der Waals surface area (Å²) in [6.45, 7) is 2.13. The molecule has 2 N–H and O–H groups in total. The van der Waals surface area contributed by atoms with E-state index in [1.165, 1.54) is 5.56 Å². The zero-order valence-corrected chi connectivity index (χ0v) is 13.0. The number of pyridine rings is 1. The lowest BCUT2D eigenvalue weighted by molar-refractivity contribution is 0.398. The Kier molecular flexibility index (Phi) is 5.51. The molecule has 0 spiro atoms. The zero-order chi connectivity index (χ0) is 15.1. The van der Waals surface area contributed by atoms with Gasteiger partial charge in [0.05, 0.1) is 25.0 Å². The first-order chi connectivity index (χ1) is 10.2. The average Bonchev–Trinajstić information content (AvgIpc) is 2.54. The molecule has 0 fully saturated rings. The van der Waals surface area contributed by atoms with E-state index in [0.717, 1.165) is 12.1 Å². The Morgan fingerprint density at radius 2 is 2.00 bits per heavy atom. The summed E-state index contributed by atoms with van der Waals surface area (Å²) in [4.78, 5) is 4.14. The van der Waals surface area contributed by atoms with Crippen molar-refractivity contribution in [1.29, 1.82) is 0 Å². The van der Waals surface area contributed by atoms with E-state index in [0.29, 0.717) is 11.0 Å². The number of ether oxygens (including phenoxy) is 1. The van der Waals surface area contributed by atoms with Crippen LogP contribution in [0.15, 0.2) is 48.7 Å². The zero-order valence-electron chi connectivity index (χ0n) is 12.2. The van der Waals surface area contributed by atoms with Crippen molar-refractivity contribution in [3.05, 3.63) is 54.2 Å². The number of nitrogens with one attached hydrogen (secondary N) is 2. The summed E-state index contributed by atoms with van der Waals surface area (Å²) in [6, 6.07) is 14.1. The summed E-state index contributed by atoms with van der Waals surface area (Å²) >= 11 is 5.36. The maximum Gasteiger partial charge on any atom is 0.213 e. The van der Waals surface area contributed by atoms with Gasteiger partial charge < -0.3 is 15.4 Å². The van der Waals surface area contributed by atoms with Crippen LogP contribution >= 0.6 is 12.2 Å². The van der Waals surface area contributed by atoms with Crippen LogP contribution in [0, 0.1) is 0 Å². The molecule has 110 valence electrons. The Labute approximate surface area is 130 Å². The van der Waals surface area contributed by atoms with Crippen LogP contribution in [-0.2, 0) is 0 Å². The van der Waals surface area contributed by atoms with E-state index in [-0.39, 0.29) is 6.04 Å². The first-order valence-electron chi connectivity index (χ1n) is 6.85. The molecule has 0 unspecified atom stereocenters. The number of rotatable bonds is 5. The van der Waals surface area contributed by atoms with Gasteiger partial charge in [-0.1, -0.05) is 37.3 Å². The van der Waals surface area contributed by atoms with E-state index in [9.17, 15) is 0 Å². The van der Waals surface area contributed by atoms with E-state index < -0.39 is 0 Å². The van der Waals surface area contributed by atoms with Crippen molar-refractivity contribution in [3.63, 3.8) is 0 Å². The molecule has 0 bridgehead atoms. The maximum absolute atomic E-state index is 5.36. The predicted octanol–water partition coefficient (Wildman–Crippen LogP) is 3.53. The summed E-state index contributed by atoms with van der Waals surface area (Å²) in [5.41, 5.74) is 2.05. The van der Waals surface area contributed by atoms with E-state index in [1.54, 1.807) is 19.4 Å². The lowest BCUT2D eigenvalue weighted by Gasteiger charge is -2.20. The van der Waals surface area contributed by atoms with Crippen molar-refractivity contribution in [2.75, 3.05) is 12.4 Å². The molecule has 0 saturated heterocycles. The Morgan fingerprint density at radius 3 is 2.57 bits per heavy atom. The highest BCUT2D eigenvalue weighted by Gasteiger charge is 2.10. The number of thiocarbonyl (C=S) groups is 1. The number of hydrogen-bond acceptors (Lipinski definition) is 3. The highest BCUT2D eigenvalue weighted by molar-refractivity contribution is 7.80. The molecule has 0 saturated carbocycles. The third-order valence-electron chi connectivity index (χ3n) is 3.12. The van der Waals surface area contributed by atoms with Crippen LogP contribution in [0.4, 0.5) is 5.69 Å². The van der Waals surface area contributed by atoms with Crippen molar-refractivity contribution in [3.8, 4) is 5.88 Å². The summed E-state index contributed by atoms with van der Waals surface area (Å²) in [7, 11) is 1.59. The largest absolute Gasteiger partial charge is 0.481 e. The van der Waals surface area contributed by atoms with E-state index in [1.807, 2.05) is 24.3 Å². The highest BCUT2D eigenvalue weighted by atomic mass is 32.1. The Hall–Kier alpha value is -2.14. The number of methoxy groups -OCH3 is 1. The molecule has 1 aromatic carbocycles. The standard InChI is InChI=1S/C16H19N3OS/c1-3-14(12-7-5-4-6-8-12)19-16(21)18-13-9-10-15(20-2)17-11-13/h4-11,14H,3H2,1-2H3,(H2,18,19,21)/t14-/m0/s1. The second-order valence-corrected chi connectivity index (χ2v) is 4.97. The molecule has 2 rings (SSSR count). The average molecular weight is 301 g/mol. The lowest BCUT2D eigenvalue weighted by atomic mass is 10.1. The van der Waals surface area contributed by atoms with Crippen LogP contribution in [0.5, 0.6) is 5.88 Å². The van der Waals surface area contributed by atoms with Gasteiger partial charge in [0.15, 0.2) is 5.11 Å². The van der Waals surface area contributed by atoms with Crippen molar-refractivity contribution < 1.29 is 4.74 Å². The number of benzene rings is 1. The summed E-state index contributed by atoms with van der Waals surface area (Å²) in [5.74, 6) is 0.579. The van der Waals surface area contributed by atoms with Gasteiger partial charge in [-0.25, -0.2) is 4.98 Å². The van der Waals surface area contributed by atoms with Gasteiger partial charge in [0, 0.05) is 6.07 Å². The van der Waals surface area contributed by atoms with Crippen molar-refractivity contribution in [2.45, 2.75) is 19.4 Å². The van der Waals surface area contributed by atoms with E-state index in [2.05, 4.69) is 34.7 Å². The molecule has 0 aliphatic carbocycles. The van der Waals surface area contributed by atoms with E-state index in [4.69, 9.17) is 17.0 Å². The predicted molar refractivity (Wildman–Crippen MR) is 89.6 cm³/mol. The van der Waals surface area contributed by atoms with Crippen LogP contribution in [-0.4, -0.2) is 17.2 Å². The molecule has 4 nitrogen and oxygen atoms in total. The minimum atomic E-state index is 0.192. The number of hydrogen-bond donors (Lipinski definition) is 2. The molecule has 0 radical (unpaired) electrons. The Morgan fingerprint density at radius 1 is 1.24 bits per heavy atom. The molecule has 0 aliphatic rings. The maximum atomic E-state index is 5.36. The van der Waals surface area contributed by atoms with Crippen LogP contribution in [0.25, 0.3) is 0 Å². The van der Waals surface area contributed by atoms with Crippen molar-refractivity contribution in [1.82, 2.24) is 10.3 Å². The molecular formula is C16H19N3OS. The van der Waals surface area contributed by atoms with Gasteiger partial charge in [-0.05, 0) is 30.3 Å². The van der Waals surface area contributed by atoms with Crippen LogP contribution in [0.3, 0.4) is 0 Å². The normalized spacial score (nSPS) is 11.5. The molecular weight excluding hydrogens is 282 g/mol.